The number of aromatic nitrogens is 4. The lowest BCUT2D eigenvalue weighted by Crippen LogP contribution is -2.17. The molecule has 0 aliphatic rings. The minimum absolute atomic E-state index is 0.0128. The van der Waals surface area contributed by atoms with Gasteiger partial charge in [0, 0.05) is 13.2 Å². The van der Waals surface area contributed by atoms with Gasteiger partial charge in [-0.2, -0.15) is 23.4 Å². The molecule has 0 aromatic carbocycles. The van der Waals surface area contributed by atoms with Crippen LogP contribution in [0.3, 0.4) is 0 Å². The summed E-state index contributed by atoms with van der Waals surface area (Å²) in [6, 6.07) is 0. The van der Waals surface area contributed by atoms with E-state index in [1.807, 2.05) is 0 Å². The number of nitrogens with zero attached hydrogens (tertiary/aromatic N) is 3. The molecule has 20 heavy (non-hydrogen) atoms. The van der Waals surface area contributed by atoms with Crippen LogP contribution in [-0.4, -0.2) is 25.9 Å². The molecule has 6 nitrogen and oxygen atoms in total. The number of nitrogens with one attached hydrogen (secondary N) is 2. The van der Waals surface area contributed by atoms with E-state index in [1.54, 1.807) is 7.05 Å². The second-order valence-corrected chi connectivity index (χ2v) is 4.88. The number of amides is 1. The van der Waals surface area contributed by atoms with Crippen LogP contribution >= 0.6 is 15.9 Å². The standard InChI is InChI=1S/C10H9BrF3N5O/c1-4-6(8(17-16-4)10(12,13)14)15-9(20)7-5(11)3-19(2)18-7/h3H,1-2H3,(H,15,20)(H,16,17). The number of halogens is 4. The third-order valence-electron chi connectivity index (χ3n) is 2.45. The summed E-state index contributed by atoms with van der Waals surface area (Å²) in [6.07, 6.45) is -3.14. The molecule has 0 bridgehead atoms. The minimum atomic E-state index is -4.66. The maximum absolute atomic E-state index is 12.7. The van der Waals surface area contributed by atoms with Gasteiger partial charge in [0.05, 0.1) is 15.9 Å². The van der Waals surface area contributed by atoms with Crippen molar-refractivity contribution >= 4 is 27.5 Å². The molecule has 0 radical (unpaired) electrons. The Morgan fingerprint density at radius 3 is 2.65 bits per heavy atom. The van der Waals surface area contributed by atoms with Crippen molar-refractivity contribution in [3.63, 3.8) is 0 Å². The molecule has 0 spiro atoms. The largest absolute Gasteiger partial charge is 0.437 e. The lowest BCUT2D eigenvalue weighted by atomic mass is 10.2. The fraction of sp³-hybridized carbons (Fsp3) is 0.300. The zero-order valence-corrected chi connectivity index (χ0v) is 11.9. The summed E-state index contributed by atoms with van der Waals surface area (Å²) in [5, 5.41) is 11.4. The zero-order chi connectivity index (χ0) is 15.1. The minimum Gasteiger partial charge on any atom is -0.317 e. The molecule has 2 heterocycles. The number of carbonyl (C=O) groups excluding carboxylic acids is 1. The van der Waals surface area contributed by atoms with Crippen LogP contribution in [0.15, 0.2) is 10.7 Å². The van der Waals surface area contributed by atoms with Crippen molar-refractivity contribution < 1.29 is 18.0 Å². The summed E-state index contributed by atoms with van der Waals surface area (Å²) in [5.41, 5.74) is -1.48. The highest BCUT2D eigenvalue weighted by Gasteiger charge is 2.38. The first-order valence-corrected chi connectivity index (χ1v) is 6.12. The molecule has 108 valence electrons. The van der Waals surface area contributed by atoms with E-state index in [9.17, 15) is 18.0 Å². The van der Waals surface area contributed by atoms with Crippen molar-refractivity contribution in [2.24, 2.45) is 7.05 Å². The first-order chi connectivity index (χ1) is 9.20. The van der Waals surface area contributed by atoms with E-state index in [0.717, 1.165) is 0 Å². The van der Waals surface area contributed by atoms with Gasteiger partial charge in [-0.1, -0.05) is 0 Å². The van der Waals surface area contributed by atoms with Crippen LogP contribution in [0.4, 0.5) is 18.9 Å². The van der Waals surface area contributed by atoms with Gasteiger partial charge in [-0.3, -0.25) is 14.6 Å². The molecule has 0 aliphatic carbocycles. The molecule has 0 fully saturated rings. The van der Waals surface area contributed by atoms with Crippen LogP contribution in [-0.2, 0) is 13.2 Å². The van der Waals surface area contributed by atoms with Gasteiger partial charge in [-0.15, -0.1) is 0 Å². The first-order valence-electron chi connectivity index (χ1n) is 5.32. The van der Waals surface area contributed by atoms with Gasteiger partial charge in [0.1, 0.15) is 0 Å². The number of hydrogen-bond acceptors (Lipinski definition) is 3. The maximum atomic E-state index is 12.7. The molecule has 2 rings (SSSR count). The Morgan fingerprint density at radius 1 is 1.50 bits per heavy atom. The van der Waals surface area contributed by atoms with Crippen molar-refractivity contribution in [3.8, 4) is 0 Å². The summed E-state index contributed by atoms with van der Waals surface area (Å²) in [5.74, 6) is -0.757. The number of carbonyl (C=O) groups is 1. The Balaban J connectivity index is 2.33. The summed E-state index contributed by atoms with van der Waals surface area (Å²) in [7, 11) is 1.59. The Morgan fingerprint density at radius 2 is 2.15 bits per heavy atom. The van der Waals surface area contributed by atoms with Gasteiger partial charge in [-0.05, 0) is 22.9 Å². The summed E-state index contributed by atoms with van der Waals surface area (Å²) in [4.78, 5) is 12.0. The molecule has 2 aromatic heterocycles. The second kappa shape index (κ2) is 4.93. The number of anilines is 1. The van der Waals surface area contributed by atoms with Crippen molar-refractivity contribution in [2.75, 3.05) is 5.32 Å². The fourth-order valence-corrected chi connectivity index (χ4v) is 2.13. The lowest BCUT2D eigenvalue weighted by molar-refractivity contribution is -0.140. The van der Waals surface area contributed by atoms with Crippen molar-refractivity contribution in [1.82, 2.24) is 20.0 Å². The smallest absolute Gasteiger partial charge is 0.317 e. The van der Waals surface area contributed by atoms with E-state index in [1.165, 1.54) is 17.8 Å². The molecule has 2 N–H and O–H groups in total. The van der Waals surface area contributed by atoms with Crippen LogP contribution in [0.5, 0.6) is 0 Å². The predicted octanol–water partition coefficient (Wildman–Crippen LogP) is 2.49. The quantitative estimate of drug-likeness (QED) is 0.872. The second-order valence-electron chi connectivity index (χ2n) is 4.02. The number of rotatable bonds is 2. The molecule has 0 saturated carbocycles. The number of H-pyrrole nitrogens is 1. The van der Waals surface area contributed by atoms with Crippen molar-refractivity contribution in [3.05, 3.63) is 27.8 Å². The van der Waals surface area contributed by atoms with Crippen LogP contribution < -0.4 is 5.32 Å². The molecule has 10 heteroatoms. The Bertz CT molecular complexity index is 660. The van der Waals surface area contributed by atoms with Gasteiger partial charge >= 0.3 is 6.18 Å². The first kappa shape index (κ1) is 14.6. The van der Waals surface area contributed by atoms with Gasteiger partial charge in [-0.25, -0.2) is 0 Å². The monoisotopic (exact) mass is 351 g/mol. The lowest BCUT2D eigenvalue weighted by Gasteiger charge is -2.08. The molecule has 0 saturated heterocycles. The highest BCUT2D eigenvalue weighted by atomic mass is 79.9. The van der Waals surface area contributed by atoms with Crippen LogP contribution in [0.2, 0.25) is 0 Å². The molecule has 0 aliphatic heterocycles. The molecular formula is C10H9BrF3N5O. The molecule has 0 atom stereocenters. The van der Waals surface area contributed by atoms with Gasteiger partial charge in [0.25, 0.3) is 5.91 Å². The third kappa shape index (κ3) is 2.69. The van der Waals surface area contributed by atoms with E-state index < -0.39 is 23.5 Å². The topological polar surface area (TPSA) is 75.6 Å². The Hall–Kier alpha value is -1.84. The summed E-state index contributed by atoms with van der Waals surface area (Å²) < 4.78 is 40.0. The Labute approximate surface area is 119 Å². The Kier molecular flexibility index (Phi) is 3.59. The van der Waals surface area contributed by atoms with Gasteiger partial charge < -0.3 is 5.32 Å². The SMILES string of the molecule is Cc1[nH]nc(C(F)(F)F)c1NC(=O)c1nn(C)cc1Br. The van der Waals surface area contributed by atoms with Crippen LogP contribution in [0.25, 0.3) is 0 Å². The molecule has 1 amide bonds. The number of aromatic amines is 1. The van der Waals surface area contributed by atoms with Crippen LogP contribution in [0, 0.1) is 6.92 Å². The summed E-state index contributed by atoms with van der Waals surface area (Å²) >= 11 is 3.11. The van der Waals surface area contributed by atoms with E-state index in [2.05, 4.69) is 36.5 Å². The van der Waals surface area contributed by atoms with Crippen LogP contribution in [0.1, 0.15) is 21.9 Å². The molecular weight excluding hydrogens is 343 g/mol. The number of alkyl halides is 3. The maximum Gasteiger partial charge on any atom is 0.437 e. The highest BCUT2D eigenvalue weighted by molar-refractivity contribution is 9.10. The normalized spacial score (nSPS) is 11.7. The predicted molar refractivity (Wildman–Crippen MR) is 67.2 cm³/mol. The zero-order valence-electron chi connectivity index (χ0n) is 10.3. The number of aryl methyl sites for hydroxylation is 2. The fourth-order valence-electron chi connectivity index (χ4n) is 1.57. The average Bonchev–Trinajstić information content (AvgIpc) is 2.82. The molecule has 0 unspecified atom stereocenters. The third-order valence-corrected chi connectivity index (χ3v) is 3.03. The van der Waals surface area contributed by atoms with Crippen molar-refractivity contribution in [2.45, 2.75) is 13.1 Å². The average molecular weight is 352 g/mol. The van der Waals surface area contributed by atoms with Crippen molar-refractivity contribution in [1.29, 1.82) is 0 Å². The van der Waals surface area contributed by atoms with Gasteiger partial charge in [0.15, 0.2) is 11.4 Å². The molecule has 2 aromatic rings. The van der Waals surface area contributed by atoms with Gasteiger partial charge in [0.2, 0.25) is 0 Å². The number of hydrogen-bond donors (Lipinski definition) is 2. The van der Waals surface area contributed by atoms with E-state index in [0.29, 0.717) is 4.47 Å². The highest BCUT2D eigenvalue weighted by Crippen LogP contribution is 2.34. The van der Waals surface area contributed by atoms with E-state index in [4.69, 9.17) is 0 Å². The van der Waals surface area contributed by atoms with E-state index in [-0.39, 0.29) is 11.4 Å². The summed E-state index contributed by atoms with van der Waals surface area (Å²) in [6.45, 7) is 1.38. The van der Waals surface area contributed by atoms with E-state index >= 15 is 0 Å².